The maximum absolute atomic E-state index is 12.9. The third kappa shape index (κ3) is 4.72. The van der Waals surface area contributed by atoms with Gasteiger partial charge in [-0.15, -0.1) is 0 Å². The highest BCUT2D eigenvalue weighted by Gasteiger charge is 2.30. The number of benzene rings is 2. The summed E-state index contributed by atoms with van der Waals surface area (Å²) in [6.45, 7) is 1.91. The Balaban J connectivity index is 1.87. The normalized spacial score (nSPS) is 11.5. The number of nitrogens with one attached hydrogen (secondary N) is 1. The minimum atomic E-state index is -1.08. The van der Waals surface area contributed by atoms with Crippen LogP contribution in [0.25, 0.3) is 11.3 Å². The van der Waals surface area contributed by atoms with Crippen LogP contribution in [0.1, 0.15) is 21.6 Å². The highest BCUT2D eigenvalue weighted by Crippen LogP contribution is 2.25. The van der Waals surface area contributed by atoms with Crippen LogP contribution in [0.3, 0.4) is 0 Å². The zero-order chi connectivity index (χ0) is 20.8. The molecule has 1 unspecified atom stereocenters. The molecule has 0 aliphatic heterocycles. The second-order valence-corrected chi connectivity index (χ2v) is 6.88. The third-order valence-electron chi connectivity index (χ3n) is 4.39. The molecule has 3 aromatic rings. The molecular weight excluding hydrogens is 390 g/mol. The molecular formula is C21H19N3O4S. The number of methoxy groups -OCH3 is 1. The number of ether oxygens (including phenoxy) is 1. The predicted octanol–water partition coefficient (Wildman–Crippen LogP) is 2.60. The highest BCUT2D eigenvalue weighted by molar-refractivity contribution is 6.99. The van der Waals surface area contributed by atoms with Crippen LogP contribution in [0, 0.1) is 6.92 Å². The van der Waals surface area contributed by atoms with E-state index in [0.717, 1.165) is 35.5 Å². The Morgan fingerprint density at radius 2 is 1.72 bits per heavy atom. The Morgan fingerprint density at radius 3 is 2.41 bits per heavy atom. The molecule has 1 N–H and O–H groups in total. The largest absolute Gasteiger partial charge is 0.463 e. The molecule has 0 radical (unpaired) electrons. The molecule has 0 aliphatic carbocycles. The van der Waals surface area contributed by atoms with Crippen molar-refractivity contribution in [3.8, 4) is 11.3 Å². The lowest BCUT2D eigenvalue weighted by atomic mass is 10.0. The molecule has 1 aromatic heterocycles. The number of esters is 1. The molecule has 7 nitrogen and oxygen atoms in total. The van der Waals surface area contributed by atoms with Gasteiger partial charge in [0.1, 0.15) is 11.7 Å². The van der Waals surface area contributed by atoms with E-state index in [9.17, 15) is 14.4 Å². The van der Waals surface area contributed by atoms with E-state index in [1.165, 1.54) is 0 Å². The lowest BCUT2D eigenvalue weighted by Gasteiger charge is -2.16. The summed E-state index contributed by atoms with van der Waals surface area (Å²) in [7, 11) is 1.13. The van der Waals surface area contributed by atoms with Crippen molar-refractivity contribution in [2.45, 2.75) is 19.4 Å². The first-order chi connectivity index (χ1) is 14.0. The van der Waals surface area contributed by atoms with Gasteiger partial charge in [-0.25, -0.2) is 4.79 Å². The van der Waals surface area contributed by atoms with E-state index < -0.39 is 23.7 Å². The molecule has 3 rings (SSSR count). The summed E-state index contributed by atoms with van der Waals surface area (Å²) in [6, 6.07) is 15.5. The molecule has 0 saturated heterocycles. The first kappa shape index (κ1) is 20.3. The Labute approximate surface area is 172 Å². The molecule has 0 fully saturated rings. The quantitative estimate of drug-likeness (QED) is 0.476. The summed E-state index contributed by atoms with van der Waals surface area (Å²) in [5.74, 6) is -2.41. The van der Waals surface area contributed by atoms with Gasteiger partial charge in [-0.1, -0.05) is 54.6 Å². The van der Waals surface area contributed by atoms with Crippen LogP contribution >= 0.6 is 11.7 Å². The van der Waals surface area contributed by atoms with Crippen LogP contribution in [-0.2, 0) is 20.7 Å². The van der Waals surface area contributed by atoms with E-state index in [1.54, 1.807) is 0 Å². The summed E-state index contributed by atoms with van der Waals surface area (Å²) in [4.78, 5) is 37.2. The molecule has 8 heteroatoms. The average molecular weight is 409 g/mol. The minimum absolute atomic E-state index is 0.111. The molecule has 2 aromatic carbocycles. The van der Waals surface area contributed by atoms with Crippen molar-refractivity contribution in [2.75, 3.05) is 7.11 Å². The number of aromatic nitrogens is 2. The number of Topliss-reactive ketones (excluding diaryl/α,β-unsaturated/α-hetero) is 1. The van der Waals surface area contributed by atoms with Crippen molar-refractivity contribution >= 4 is 29.4 Å². The first-order valence-corrected chi connectivity index (χ1v) is 9.59. The predicted molar refractivity (Wildman–Crippen MR) is 109 cm³/mol. The van der Waals surface area contributed by atoms with Crippen LogP contribution < -0.4 is 5.32 Å². The van der Waals surface area contributed by atoms with E-state index in [2.05, 4.69) is 18.8 Å². The van der Waals surface area contributed by atoms with Gasteiger partial charge in [0.2, 0.25) is 0 Å². The van der Waals surface area contributed by atoms with Gasteiger partial charge >= 0.3 is 5.97 Å². The fourth-order valence-electron chi connectivity index (χ4n) is 2.88. The van der Waals surface area contributed by atoms with Crippen molar-refractivity contribution in [2.24, 2.45) is 0 Å². The van der Waals surface area contributed by atoms with Crippen LogP contribution in [0.5, 0.6) is 0 Å². The number of carbonyl (C=O) groups is 3. The second-order valence-electron chi connectivity index (χ2n) is 6.35. The number of hydrogen-bond acceptors (Lipinski definition) is 7. The van der Waals surface area contributed by atoms with Gasteiger partial charge in [-0.2, -0.15) is 8.75 Å². The van der Waals surface area contributed by atoms with Gasteiger partial charge in [0, 0.05) is 12.0 Å². The van der Waals surface area contributed by atoms with E-state index in [1.807, 2.05) is 61.5 Å². The number of hydrogen-bond donors (Lipinski definition) is 1. The topological polar surface area (TPSA) is 98.2 Å². The standard InChI is InChI=1S/C21H19N3O4S/c1-13-8-6-7-11-15(13)17-18(24-29-23-17)20(26)22-16(19(25)21(27)28-2)12-14-9-4-3-5-10-14/h3-11,16H,12H2,1-2H3,(H,22,26). The minimum Gasteiger partial charge on any atom is -0.463 e. The average Bonchev–Trinajstić information content (AvgIpc) is 3.23. The van der Waals surface area contributed by atoms with E-state index >= 15 is 0 Å². The van der Waals surface area contributed by atoms with Gasteiger partial charge in [-0.3, -0.25) is 9.59 Å². The summed E-state index contributed by atoms with van der Waals surface area (Å²) in [6.07, 6.45) is 0.151. The van der Waals surface area contributed by atoms with E-state index in [-0.39, 0.29) is 12.1 Å². The number of amides is 1. The van der Waals surface area contributed by atoms with Crippen molar-refractivity contribution < 1.29 is 19.1 Å². The van der Waals surface area contributed by atoms with Crippen LogP contribution in [0.4, 0.5) is 0 Å². The lowest BCUT2D eigenvalue weighted by molar-refractivity contribution is -0.152. The van der Waals surface area contributed by atoms with Crippen LogP contribution in [0.15, 0.2) is 54.6 Å². The molecule has 0 spiro atoms. The number of rotatable bonds is 7. The van der Waals surface area contributed by atoms with Gasteiger partial charge in [0.15, 0.2) is 5.69 Å². The second kappa shape index (κ2) is 9.20. The fourth-order valence-corrected chi connectivity index (χ4v) is 3.44. The van der Waals surface area contributed by atoms with E-state index in [0.29, 0.717) is 5.69 Å². The van der Waals surface area contributed by atoms with Crippen molar-refractivity contribution in [1.82, 2.24) is 14.1 Å². The molecule has 1 atom stereocenters. The Morgan fingerprint density at radius 1 is 1.03 bits per heavy atom. The SMILES string of the molecule is COC(=O)C(=O)C(Cc1ccccc1)NC(=O)c1nsnc1-c1ccccc1C. The fraction of sp³-hybridized carbons (Fsp3) is 0.190. The Hall–Kier alpha value is -3.39. The molecule has 29 heavy (non-hydrogen) atoms. The molecule has 1 heterocycles. The number of ketones is 1. The summed E-state index contributed by atoms with van der Waals surface area (Å²) < 4.78 is 12.9. The highest BCUT2D eigenvalue weighted by atomic mass is 32.1. The molecule has 0 saturated carbocycles. The molecule has 148 valence electrons. The number of carbonyl (C=O) groups excluding carboxylic acids is 3. The first-order valence-electron chi connectivity index (χ1n) is 8.86. The van der Waals surface area contributed by atoms with Crippen LogP contribution in [0.2, 0.25) is 0 Å². The summed E-state index contributed by atoms with van der Waals surface area (Å²) in [5, 5.41) is 2.63. The van der Waals surface area contributed by atoms with Gasteiger partial charge in [0.25, 0.3) is 11.7 Å². The Kier molecular flexibility index (Phi) is 6.46. The Bertz CT molecular complexity index is 1030. The maximum Gasteiger partial charge on any atom is 0.376 e. The maximum atomic E-state index is 12.9. The lowest BCUT2D eigenvalue weighted by Crippen LogP contribution is -2.46. The number of aryl methyl sites for hydroxylation is 1. The summed E-state index contributed by atoms with van der Waals surface area (Å²) in [5.41, 5.74) is 3.08. The van der Waals surface area contributed by atoms with Crippen LogP contribution in [-0.4, -0.2) is 39.6 Å². The monoisotopic (exact) mass is 409 g/mol. The molecule has 0 bridgehead atoms. The zero-order valence-electron chi connectivity index (χ0n) is 15.9. The zero-order valence-corrected chi connectivity index (χ0v) is 16.7. The van der Waals surface area contributed by atoms with Crippen molar-refractivity contribution in [1.29, 1.82) is 0 Å². The van der Waals surface area contributed by atoms with Gasteiger partial charge < -0.3 is 10.1 Å². The molecule has 1 amide bonds. The molecule has 0 aliphatic rings. The van der Waals surface area contributed by atoms with Crippen molar-refractivity contribution in [3.05, 3.63) is 71.4 Å². The number of nitrogens with zero attached hydrogens (tertiary/aromatic N) is 2. The van der Waals surface area contributed by atoms with Gasteiger partial charge in [0.05, 0.1) is 18.8 Å². The third-order valence-corrected chi connectivity index (χ3v) is 4.92. The van der Waals surface area contributed by atoms with Gasteiger partial charge in [-0.05, 0) is 18.1 Å². The summed E-state index contributed by atoms with van der Waals surface area (Å²) >= 11 is 0.911. The smallest absolute Gasteiger partial charge is 0.376 e. The van der Waals surface area contributed by atoms with Crippen molar-refractivity contribution in [3.63, 3.8) is 0 Å². The van der Waals surface area contributed by atoms with E-state index in [4.69, 9.17) is 0 Å².